The molecule has 8 atom stereocenters. The molecule has 0 saturated carbocycles. The number of nitrogens with zero attached hydrogens (tertiary/aromatic N) is 6. The molecule has 7 N–H and O–H groups in total. The third-order valence-corrected chi connectivity index (χ3v) is 9.81. The lowest BCUT2D eigenvalue weighted by molar-refractivity contribution is -0.158. The maximum Gasteiger partial charge on any atom is 0.353 e. The van der Waals surface area contributed by atoms with E-state index in [0.29, 0.717) is 24.4 Å². The molecule has 0 bridgehead atoms. The Morgan fingerprint density at radius 3 is 2.76 bits per heavy atom. The second kappa shape index (κ2) is 11.4. The summed E-state index contributed by atoms with van der Waals surface area (Å²) in [6, 6.07) is -1.42. The largest absolute Gasteiger partial charge is 0.477 e. The van der Waals surface area contributed by atoms with Crippen LogP contribution < -0.4 is 16.4 Å². The van der Waals surface area contributed by atoms with Gasteiger partial charge >= 0.3 is 5.97 Å². The first-order valence-electron chi connectivity index (χ1n) is 13.5. The van der Waals surface area contributed by atoms with Gasteiger partial charge in [-0.25, -0.2) is 9.48 Å². The lowest BCUT2D eigenvalue weighted by Crippen LogP contribution is -2.66. The van der Waals surface area contributed by atoms with E-state index in [-0.39, 0.29) is 65.9 Å². The van der Waals surface area contributed by atoms with Crippen LogP contribution in [-0.4, -0.2) is 119 Å². The van der Waals surface area contributed by atoms with Gasteiger partial charge in [0, 0.05) is 54.1 Å². The molecule has 0 spiro atoms. The molecule has 17 heteroatoms. The Labute approximate surface area is 239 Å². The van der Waals surface area contributed by atoms with E-state index in [4.69, 9.17) is 11.1 Å². The van der Waals surface area contributed by atoms with Crippen molar-refractivity contribution >= 4 is 41.3 Å². The summed E-state index contributed by atoms with van der Waals surface area (Å²) in [5.74, 6) is -3.21. The van der Waals surface area contributed by atoms with Gasteiger partial charge in [0.05, 0.1) is 29.9 Å². The van der Waals surface area contributed by atoms with Gasteiger partial charge in [0.2, 0.25) is 17.7 Å². The van der Waals surface area contributed by atoms with E-state index >= 15 is 0 Å². The average Bonchev–Trinajstić information content (AvgIpc) is 3.68. The Balaban J connectivity index is 1.21. The molecule has 4 aliphatic rings. The number of carboxylic acid groups (broad SMARTS) is 1. The molecule has 4 aliphatic heterocycles. The van der Waals surface area contributed by atoms with E-state index in [2.05, 4.69) is 26.2 Å². The SMILES string of the molecule is C[C@@H](NC(=O)Cn1cnnn1)[C@H]1C(=O)N2C(C(=O)O)=C(S[C@@H]3CN[C@H](C(=O)N4C[C@@H](CC(=N)N)[C@@H](O)C4)C3)[C@H](C)[C@H]12. The first kappa shape index (κ1) is 28.9. The lowest BCUT2D eigenvalue weighted by atomic mass is 9.78. The van der Waals surface area contributed by atoms with Gasteiger partial charge in [-0.1, -0.05) is 6.92 Å². The number of carbonyl (C=O) groups is 4. The zero-order valence-electron chi connectivity index (χ0n) is 22.6. The van der Waals surface area contributed by atoms with Crippen LogP contribution in [0.25, 0.3) is 0 Å². The fraction of sp³-hybridized carbons (Fsp3) is 0.667. The van der Waals surface area contributed by atoms with Crippen molar-refractivity contribution in [1.29, 1.82) is 5.41 Å². The number of nitrogens with one attached hydrogen (secondary N) is 3. The number of amidine groups is 1. The minimum Gasteiger partial charge on any atom is -0.477 e. The number of amides is 3. The quantitative estimate of drug-likeness (QED) is 0.0948. The van der Waals surface area contributed by atoms with Crippen LogP contribution in [0.5, 0.6) is 0 Å². The second-order valence-corrected chi connectivity index (χ2v) is 12.5. The zero-order valence-corrected chi connectivity index (χ0v) is 23.5. The summed E-state index contributed by atoms with van der Waals surface area (Å²) in [5, 5.41) is 44.4. The predicted molar refractivity (Wildman–Crippen MR) is 144 cm³/mol. The molecule has 16 nitrogen and oxygen atoms in total. The van der Waals surface area contributed by atoms with E-state index in [9.17, 15) is 29.4 Å². The molecule has 41 heavy (non-hydrogen) atoms. The number of β-lactam (4-membered cyclic amide) rings is 1. The van der Waals surface area contributed by atoms with Crippen LogP contribution in [0.1, 0.15) is 26.7 Å². The standard InChI is InChI=1S/C24H34N10O6S/c1-10-19-18(11(2)29-17(36)8-33-9-28-30-31-33)23(38)34(19)20(24(39)40)21(10)41-13-4-14(27-5-13)22(37)32-6-12(3-16(25)26)15(35)7-32/h9-15,18-19,27,35H,3-8H2,1-2H3,(H3,25,26)(H,29,36)(H,39,40)/t10-,11-,12-,13+,14+,15+,18-,19-/m1/s1. The van der Waals surface area contributed by atoms with Crippen molar-refractivity contribution in [3.63, 3.8) is 0 Å². The Morgan fingerprint density at radius 1 is 1.34 bits per heavy atom. The molecule has 3 saturated heterocycles. The van der Waals surface area contributed by atoms with Crippen molar-refractivity contribution in [3.8, 4) is 0 Å². The van der Waals surface area contributed by atoms with Crippen molar-refractivity contribution < 1.29 is 29.4 Å². The molecule has 1 aromatic rings. The first-order valence-corrected chi connectivity index (χ1v) is 14.3. The van der Waals surface area contributed by atoms with Gasteiger partial charge in [0.15, 0.2) is 0 Å². The maximum absolute atomic E-state index is 13.2. The van der Waals surface area contributed by atoms with Crippen LogP contribution in [0.4, 0.5) is 0 Å². The molecule has 0 unspecified atom stereocenters. The van der Waals surface area contributed by atoms with Crippen molar-refractivity contribution in [1.82, 2.24) is 40.6 Å². The number of aliphatic hydroxyl groups excluding tert-OH is 1. The van der Waals surface area contributed by atoms with Crippen LogP contribution >= 0.6 is 11.8 Å². The number of β-amino-alcohol motifs (C(OH)–C–C–N with tert-alkyl or cyclic N) is 1. The minimum absolute atomic E-state index is 0.0291. The highest BCUT2D eigenvalue weighted by atomic mass is 32.2. The second-order valence-electron chi connectivity index (χ2n) is 11.1. The normalized spacial score (nSPS) is 31.7. The van der Waals surface area contributed by atoms with E-state index in [1.54, 1.807) is 11.8 Å². The van der Waals surface area contributed by atoms with Crippen LogP contribution in [0.2, 0.25) is 0 Å². The third kappa shape index (κ3) is 5.52. The number of carboxylic acids is 1. The Kier molecular flexibility index (Phi) is 8.02. The highest BCUT2D eigenvalue weighted by Gasteiger charge is 2.60. The number of carbonyl (C=O) groups excluding carboxylic acids is 3. The van der Waals surface area contributed by atoms with Gasteiger partial charge in [-0.2, -0.15) is 0 Å². The lowest BCUT2D eigenvalue weighted by Gasteiger charge is -2.47. The third-order valence-electron chi connectivity index (χ3n) is 8.30. The van der Waals surface area contributed by atoms with Crippen LogP contribution in [0.3, 0.4) is 0 Å². The molecular formula is C24H34N10O6S. The summed E-state index contributed by atoms with van der Waals surface area (Å²) in [6.07, 6.45) is 1.26. The molecular weight excluding hydrogens is 556 g/mol. The van der Waals surface area contributed by atoms with Crippen molar-refractivity contribution in [2.24, 2.45) is 23.5 Å². The molecule has 0 aliphatic carbocycles. The number of aromatic nitrogens is 4. The number of aliphatic hydroxyl groups is 1. The molecule has 0 radical (unpaired) electrons. The predicted octanol–water partition coefficient (Wildman–Crippen LogP) is -2.44. The van der Waals surface area contributed by atoms with Gasteiger partial charge in [-0.3, -0.25) is 19.8 Å². The van der Waals surface area contributed by atoms with Gasteiger partial charge < -0.3 is 36.4 Å². The molecule has 3 fully saturated rings. The summed E-state index contributed by atoms with van der Waals surface area (Å²) in [7, 11) is 0. The number of fused-ring (bicyclic) bond motifs is 1. The molecule has 3 amide bonds. The van der Waals surface area contributed by atoms with Gasteiger partial charge in [0.25, 0.3) is 0 Å². The number of nitrogens with two attached hydrogens (primary N) is 1. The van der Waals surface area contributed by atoms with Crippen LogP contribution in [-0.2, 0) is 25.7 Å². The number of tetrazole rings is 1. The topological polar surface area (TPSA) is 233 Å². The van der Waals surface area contributed by atoms with Crippen LogP contribution in [0.15, 0.2) is 16.9 Å². The molecule has 0 aromatic carbocycles. The number of hydrogen-bond donors (Lipinski definition) is 6. The zero-order chi connectivity index (χ0) is 29.6. The summed E-state index contributed by atoms with van der Waals surface area (Å²) in [6.45, 7) is 4.49. The summed E-state index contributed by atoms with van der Waals surface area (Å²) in [5.41, 5.74) is 5.44. The summed E-state index contributed by atoms with van der Waals surface area (Å²) < 4.78 is 1.26. The fourth-order valence-corrected chi connectivity index (χ4v) is 7.86. The number of likely N-dealkylation sites (tertiary alicyclic amines) is 1. The number of thioether (sulfide) groups is 1. The van der Waals surface area contributed by atoms with Gasteiger partial charge in [-0.05, 0) is 23.8 Å². The smallest absolute Gasteiger partial charge is 0.353 e. The van der Waals surface area contributed by atoms with Crippen molar-refractivity contribution in [2.75, 3.05) is 19.6 Å². The molecule has 5 rings (SSSR count). The minimum atomic E-state index is -1.19. The Hall–Kier alpha value is -3.57. The maximum atomic E-state index is 13.2. The average molecular weight is 591 g/mol. The summed E-state index contributed by atoms with van der Waals surface area (Å²) in [4.78, 5) is 54.6. The highest BCUT2D eigenvalue weighted by Crippen LogP contribution is 2.51. The van der Waals surface area contributed by atoms with Crippen molar-refractivity contribution in [3.05, 3.63) is 16.9 Å². The first-order chi connectivity index (χ1) is 19.5. The monoisotopic (exact) mass is 590 g/mol. The number of rotatable bonds is 10. The van der Waals surface area contributed by atoms with Gasteiger partial charge in [-0.15, -0.1) is 16.9 Å². The summed E-state index contributed by atoms with van der Waals surface area (Å²) >= 11 is 1.38. The van der Waals surface area contributed by atoms with Crippen molar-refractivity contribution in [2.45, 2.75) is 62.7 Å². The van der Waals surface area contributed by atoms with E-state index in [1.807, 2.05) is 6.92 Å². The molecule has 222 valence electrons. The highest BCUT2D eigenvalue weighted by molar-refractivity contribution is 8.03. The Morgan fingerprint density at radius 2 is 2.10 bits per heavy atom. The van der Waals surface area contributed by atoms with Gasteiger partial charge in [0.1, 0.15) is 18.6 Å². The molecule has 1 aromatic heterocycles. The molecule has 5 heterocycles. The van der Waals surface area contributed by atoms with E-state index < -0.39 is 36.1 Å². The van der Waals surface area contributed by atoms with E-state index in [0.717, 1.165) is 0 Å². The van der Waals surface area contributed by atoms with Crippen LogP contribution in [0, 0.1) is 23.2 Å². The van der Waals surface area contributed by atoms with E-state index in [1.165, 1.54) is 27.7 Å². The Bertz CT molecular complexity index is 1270. The number of aliphatic carboxylic acids is 1. The fourth-order valence-electron chi connectivity index (χ4n) is 6.38. The number of hydrogen-bond acceptors (Lipinski definition) is 11.